The van der Waals surface area contributed by atoms with Crippen LogP contribution in [0.1, 0.15) is 17.2 Å². The molecule has 0 aliphatic heterocycles. The number of hydrogen-bond acceptors (Lipinski definition) is 2. The van der Waals surface area contributed by atoms with Gasteiger partial charge >= 0.3 is 0 Å². The molecule has 0 aliphatic carbocycles. The van der Waals surface area contributed by atoms with E-state index in [2.05, 4.69) is 0 Å². The van der Waals surface area contributed by atoms with Crippen molar-refractivity contribution >= 4 is 0 Å². The molecule has 1 unspecified atom stereocenters. The van der Waals surface area contributed by atoms with Crippen LogP contribution in [0.3, 0.4) is 0 Å². The van der Waals surface area contributed by atoms with Gasteiger partial charge in [0.1, 0.15) is 18.2 Å². The van der Waals surface area contributed by atoms with Gasteiger partial charge in [-0.2, -0.15) is 0 Å². The zero-order chi connectivity index (χ0) is 14.7. The largest absolute Gasteiger partial charge is 0.492 e. The van der Waals surface area contributed by atoms with E-state index >= 15 is 0 Å². The smallest absolute Gasteiger partial charge is 0.159 e. The van der Waals surface area contributed by atoms with E-state index in [1.165, 1.54) is 12.1 Å². The number of nitrogens with two attached hydrogens (primary N) is 1. The fraction of sp³-hybridized carbons (Fsp3) is 0.200. The lowest BCUT2D eigenvalue weighted by Gasteiger charge is -2.14. The Labute approximate surface area is 115 Å². The third-order valence-electron chi connectivity index (χ3n) is 2.94. The highest BCUT2D eigenvalue weighted by atomic mass is 19.2. The van der Waals surface area contributed by atoms with Gasteiger partial charge in [-0.1, -0.05) is 12.1 Å². The van der Waals surface area contributed by atoms with E-state index in [0.717, 1.165) is 12.1 Å². The van der Waals surface area contributed by atoms with E-state index in [1.807, 2.05) is 0 Å². The molecule has 0 radical (unpaired) electrons. The van der Waals surface area contributed by atoms with Crippen LogP contribution >= 0.6 is 0 Å². The van der Waals surface area contributed by atoms with Crippen LogP contribution in [0.5, 0.6) is 5.75 Å². The van der Waals surface area contributed by atoms with Crippen molar-refractivity contribution in [3.8, 4) is 5.75 Å². The molecule has 1 atom stereocenters. The topological polar surface area (TPSA) is 35.2 Å². The van der Waals surface area contributed by atoms with Crippen LogP contribution < -0.4 is 10.5 Å². The summed E-state index contributed by atoms with van der Waals surface area (Å²) in [5.74, 6) is -1.92. The third kappa shape index (κ3) is 3.30. The number of benzene rings is 2. The first-order chi connectivity index (χ1) is 9.47. The maximum Gasteiger partial charge on any atom is 0.159 e. The van der Waals surface area contributed by atoms with Crippen molar-refractivity contribution in [1.29, 1.82) is 0 Å². The van der Waals surface area contributed by atoms with Gasteiger partial charge in [0.2, 0.25) is 0 Å². The summed E-state index contributed by atoms with van der Waals surface area (Å²) in [6.07, 6.45) is 0. The van der Waals surface area contributed by atoms with Gasteiger partial charge in [-0.3, -0.25) is 0 Å². The molecule has 0 amide bonds. The molecular weight excluding hydrogens is 267 g/mol. The van der Waals surface area contributed by atoms with Gasteiger partial charge in [0.05, 0.1) is 6.04 Å². The SMILES string of the molecule is Cc1ccc(OCC(N)c2ccc(F)c(F)c2)cc1F. The highest BCUT2D eigenvalue weighted by Crippen LogP contribution is 2.19. The molecule has 0 fully saturated rings. The normalized spacial score (nSPS) is 12.2. The molecule has 0 aliphatic rings. The molecule has 0 saturated carbocycles. The Morgan fingerprint density at radius 1 is 1.00 bits per heavy atom. The van der Waals surface area contributed by atoms with Gasteiger partial charge in [0.15, 0.2) is 11.6 Å². The second kappa shape index (κ2) is 5.96. The van der Waals surface area contributed by atoms with Crippen molar-refractivity contribution in [2.24, 2.45) is 5.73 Å². The van der Waals surface area contributed by atoms with E-state index in [1.54, 1.807) is 19.1 Å². The summed E-state index contributed by atoms with van der Waals surface area (Å²) in [6, 6.07) is 7.27. The molecule has 106 valence electrons. The second-order valence-corrected chi connectivity index (χ2v) is 4.50. The molecular formula is C15H14F3NO. The van der Waals surface area contributed by atoms with Crippen molar-refractivity contribution in [3.05, 3.63) is 65.0 Å². The summed E-state index contributed by atoms with van der Waals surface area (Å²) >= 11 is 0. The molecule has 5 heteroatoms. The Morgan fingerprint density at radius 3 is 2.40 bits per heavy atom. The minimum Gasteiger partial charge on any atom is -0.492 e. The molecule has 2 aromatic carbocycles. The minimum atomic E-state index is -0.959. The minimum absolute atomic E-state index is 0.0353. The summed E-state index contributed by atoms with van der Waals surface area (Å²) in [7, 11) is 0. The first-order valence-corrected chi connectivity index (χ1v) is 6.07. The monoisotopic (exact) mass is 281 g/mol. The van der Waals surface area contributed by atoms with Crippen molar-refractivity contribution < 1.29 is 17.9 Å². The van der Waals surface area contributed by atoms with Crippen molar-refractivity contribution in [3.63, 3.8) is 0 Å². The van der Waals surface area contributed by atoms with E-state index in [9.17, 15) is 13.2 Å². The third-order valence-corrected chi connectivity index (χ3v) is 2.94. The molecule has 0 heterocycles. The lowest BCUT2D eigenvalue weighted by molar-refractivity contribution is 0.289. The molecule has 0 spiro atoms. The summed E-state index contributed by atoms with van der Waals surface area (Å²) < 4.78 is 44.6. The van der Waals surface area contributed by atoms with E-state index in [0.29, 0.717) is 16.9 Å². The summed E-state index contributed by atoms with van der Waals surface area (Å²) in [4.78, 5) is 0. The van der Waals surface area contributed by atoms with Crippen LogP contribution in [0.2, 0.25) is 0 Å². The van der Waals surface area contributed by atoms with Crippen molar-refractivity contribution in [2.45, 2.75) is 13.0 Å². The van der Waals surface area contributed by atoms with Crippen molar-refractivity contribution in [2.75, 3.05) is 6.61 Å². The second-order valence-electron chi connectivity index (χ2n) is 4.50. The number of rotatable bonds is 4. The number of aryl methyl sites for hydroxylation is 1. The Hall–Kier alpha value is -2.01. The van der Waals surface area contributed by atoms with Crippen LogP contribution in [0.15, 0.2) is 36.4 Å². The molecule has 0 bridgehead atoms. The molecule has 2 aromatic rings. The molecule has 20 heavy (non-hydrogen) atoms. The molecule has 2 N–H and O–H groups in total. The van der Waals surface area contributed by atoms with Crippen LogP contribution in [-0.2, 0) is 0 Å². The average Bonchev–Trinajstić information content (AvgIpc) is 2.43. The summed E-state index contributed by atoms with van der Waals surface area (Å²) in [5, 5.41) is 0. The lowest BCUT2D eigenvalue weighted by atomic mass is 10.1. The lowest BCUT2D eigenvalue weighted by Crippen LogP contribution is -2.19. The first kappa shape index (κ1) is 14.4. The zero-order valence-electron chi connectivity index (χ0n) is 10.9. The predicted octanol–water partition coefficient (Wildman–Crippen LogP) is 3.49. The molecule has 0 saturated heterocycles. The highest BCUT2D eigenvalue weighted by molar-refractivity contribution is 5.28. The highest BCUT2D eigenvalue weighted by Gasteiger charge is 2.11. The first-order valence-electron chi connectivity index (χ1n) is 6.07. The Kier molecular flexibility index (Phi) is 4.29. The number of halogens is 3. The van der Waals surface area contributed by atoms with Gasteiger partial charge in [0, 0.05) is 6.07 Å². The van der Waals surface area contributed by atoms with E-state index in [4.69, 9.17) is 10.5 Å². The molecule has 2 rings (SSSR count). The fourth-order valence-electron chi connectivity index (χ4n) is 1.69. The van der Waals surface area contributed by atoms with Gasteiger partial charge < -0.3 is 10.5 Å². The van der Waals surface area contributed by atoms with E-state index < -0.39 is 17.7 Å². The maximum atomic E-state index is 13.3. The Morgan fingerprint density at radius 2 is 1.75 bits per heavy atom. The molecule has 2 nitrogen and oxygen atoms in total. The number of hydrogen-bond donors (Lipinski definition) is 1. The fourth-order valence-corrected chi connectivity index (χ4v) is 1.69. The standard InChI is InChI=1S/C15H14F3NO/c1-9-2-4-11(7-13(9)17)20-8-15(19)10-3-5-12(16)14(18)6-10/h2-7,15H,8,19H2,1H3. The van der Waals surface area contributed by atoms with Gasteiger partial charge in [-0.15, -0.1) is 0 Å². The van der Waals surface area contributed by atoms with E-state index in [-0.39, 0.29) is 12.4 Å². The Balaban J connectivity index is 2.02. The predicted molar refractivity (Wildman–Crippen MR) is 69.9 cm³/mol. The quantitative estimate of drug-likeness (QED) is 0.931. The van der Waals surface area contributed by atoms with Crippen LogP contribution in [-0.4, -0.2) is 6.61 Å². The van der Waals surface area contributed by atoms with Crippen molar-refractivity contribution in [1.82, 2.24) is 0 Å². The van der Waals surface area contributed by atoms with Gasteiger partial charge in [0.25, 0.3) is 0 Å². The zero-order valence-corrected chi connectivity index (χ0v) is 10.9. The van der Waals surface area contributed by atoms with Gasteiger partial charge in [-0.25, -0.2) is 13.2 Å². The van der Waals surface area contributed by atoms with Crippen LogP contribution in [0.25, 0.3) is 0 Å². The van der Waals surface area contributed by atoms with Crippen LogP contribution in [0, 0.1) is 24.4 Å². The maximum absolute atomic E-state index is 13.3. The Bertz CT molecular complexity index is 616. The summed E-state index contributed by atoms with van der Waals surface area (Å²) in [6.45, 7) is 1.68. The van der Waals surface area contributed by atoms with Gasteiger partial charge in [-0.05, 0) is 36.2 Å². The molecule has 0 aromatic heterocycles. The summed E-state index contributed by atoms with van der Waals surface area (Å²) in [5.41, 5.74) is 6.75. The number of ether oxygens (including phenoxy) is 1. The van der Waals surface area contributed by atoms with Crippen LogP contribution in [0.4, 0.5) is 13.2 Å². The average molecular weight is 281 g/mol.